The lowest BCUT2D eigenvalue weighted by Crippen LogP contribution is -2.51. The molecule has 0 saturated carbocycles. The maximum absolute atomic E-state index is 13.1. The number of carbonyl (C=O) groups is 3. The van der Waals surface area contributed by atoms with E-state index in [-0.39, 0.29) is 12.1 Å². The Kier molecular flexibility index (Phi) is 6.25. The molecule has 0 saturated heterocycles. The molecule has 1 heterocycles. The van der Waals surface area contributed by atoms with E-state index in [0.29, 0.717) is 16.7 Å². The van der Waals surface area contributed by atoms with Crippen LogP contribution in [0.5, 0.6) is 0 Å². The molecule has 3 amide bonds. The smallest absolute Gasteiger partial charge is 0.369 e. The van der Waals surface area contributed by atoms with Crippen molar-refractivity contribution in [3.63, 3.8) is 0 Å². The van der Waals surface area contributed by atoms with E-state index in [2.05, 4.69) is 10.3 Å². The van der Waals surface area contributed by atoms with Crippen molar-refractivity contribution in [1.82, 2.24) is 5.01 Å². The summed E-state index contributed by atoms with van der Waals surface area (Å²) >= 11 is 0. The predicted molar refractivity (Wildman–Crippen MR) is 123 cm³/mol. The Morgan fingerprint density at radius 2 is 1.86 bits per heavy atom. The minimum Gasteiger partial charge on any atom is -0.369 e. The summed E-state index contributed by atoms with van der Waals surface area (Å²) in [5, 5.41) is 8.79. The Balaban J connectivity index is 1.58. The van der Waals surface area contributed by atoms with Crippen molar-refractivity contribution < 1.29 is 27.6 Å². The molecule has 11 heteroatoms. The fraction of sp³-hybridized carbons (Fsp3) is 0.240. The molecule has 186 valence electrons. The van der Waals surface area contributed by atoms with Crippen LogP contribution >= 0.6 is 0 Å². The molecular formula is C25H22F3N5O3. The highest BCUT2D eigenvalue weighted by Crippen LogP contribution is 2.40. The van der Waals surface area contributed by atoms with E-state index >= 15 is 0 Å². The number of rotatable bonds is 6. The molecule has 8 nitrogen and oxygen atoms in total. The molecule has 0 fully saturated rings. The number of carbonyl (C=O) groups excluding carboxylic acids is 3. The van der Waals surface area contributed by atoms with Gasteiger partial charge >= 0.3 is 6.18 Å². The van der Waals surface area contributed by atoms with Crippen LogP contribution in [0.2, 0.25) is 0 Å². The topological polar surface area (TPSA) is 131 Å². The van der Waals surface area contributed by atoms with Gasteiger partial charge in [0.1, 0.15) is 5.41 Å². The van der Waals surface area contributed by atoms with Crippen molar-refractivity contribution in [1.29, 1.82) is 0 Å². The number of amides is 3. The van der Waals surface area contributed by atoms with Crippen LogP contribution in [0.1, 0.15) is 33.9 Å². The van der Waals surface area contributed by atoms with E-state index in [1.54, 1.807) is 43.4 Å². The Bertz CT molecular complexity index is 1330. The summed E-state index contributed by atoms with van der Waals surface area (Å²) in [5.74, 6) is -3.00. The van der Waals surface area contributed by atoms with Crippen molar-refractivity contribution in [2.75, 3.05) is 0 Å². The Morgan fingerprint density at radius 3 is 2.50 bits per heavy atom. The Hall–Kier alpha value is -4.28. The fourth-order valence-electron chi connectivity index (χ4n) is 4.60. The maximum Gasteiger partial charge on any atom is 0.416 e. The second kappa shape index (κ2) is 9.06. The number of hydrogen-bond donors (Lipinski definition) is 2. The van der Waals surface area contributed by atoms with Crippen molar-refractivity contribution >= 4 is 17.7 Å². The van der Waals surface area contributed by atoms with Crippen LogP contribution in [0.25, 0.3) is 0 Å². The third-order valence-electron chi connectivity index (χ3n) is 6.34. The molecule has 1 aliphatic carbocycles. The number of hydrogen-bond acceptors (Lipinski definition) is 5. The molecule has 4 N–H and O–H groups in total. The van der Waals surface area contributed by atoms with E-state index in [1.165, 1.54) is 18.2 Å². The number of allylic oxidation sites excluding steroid dienone is 2. The minimum absolute atomic E-state index is 0.00250. The van der Waals surface area contributed by atoms with Gasteiger partial charge in [-0.25, -0.2) is 5.01 Å². The van der Waals surface area contributed by atoms with Gasteiger partial charge in [0.05, 0.1) is 18.0 Å². The molecule has 0 aromatic heterocycles. The minimum atomic E-state index is -4.55. The molecule has 2 aliphatic rings. The highest BCUT2D eigenvalue weighted by Gasteiger charge is 2.47. The molecule has 36 heavy (non-hydrogen) atoms. The third kappa shape index (κ3) is 4.28. The van der Waals surface area contributed by atoms with Gasteiger partial charge in [0.25, 0.3) is 5.91 Å². The Morgan fingerprint density at radius 1 is 1.11 bits per heavy atom. The first-order valence-corrected chi connectivity index (χ1v) is 10.9. The first kappa shape index (κ1) is 24.8. The lowest BCUT2D eigenvalue weighted by Gasteiger charge is -2.35. The van der Waals surface area contributed by atoms with Crippen LogP contribution < -0.4 is 11.5 Å². The van der Waals surface area contributed by atoms with Crippen LogP contribution in [-0.4, -0.2) is 22.7 Å². The largest absolute Gasteiger partial charge is 0.416 e. The molecule has 3 unspecified atom stereocenters. The van der Waals surface area contributed by atoms with E-state index in [9.17, 15) is 27.6 Å². The first-order valence-electron chi connectivity index (χ1n) is 10.9. The summed E-state index contributed by atoms with van der Waals surface area (Å²) in [6.07, 6.45) is 1.76. The summed E-state index contributed by atoms with van der Waals surface area (Å²) in [7, 11) is 0. The van der Waals surface area contributed by atoms with Gasteiger partial charge in [-0.15, -0.1) is 0 Å². The standard InChI is InChI=1S/C25H22F3N5O3/c1-14-11-15(8-9-18(14)24(23(30)36)10-3-2-7-19(24)21(29)34)13-33-22(35)20(31-32-33)16-5-4-6-17(12-16)25(26,27)28/h2-12,19-20H,13H2,1H3,(H2,29,34)(H2,30,36). The highest BCUT2D eigenvalue weighted by molar-refractivity contribution is 5.97. The van der Waals surface area contributed by atoms with Crippen LogP contribution in [0.3, 0.4) is 0 Å². The van der Waals surface area contributed by atoms with E-state index in [0.717, 1.165) is 17.1 Å². The van der Waals surface area contributed by atoms with E-state index in [1.807, 2.05) is 0 Å². The summed E-state index contributed by atoms with van der Waals surface area (Å²) in [4.78, 5) is 37.6. The van der Waals surface area contributed by atoms with E-state index < -0.39 is 46.8 Å². The van der Waals surface area contributed by atoms with Gasteiger partial charge in [-0.2, -0.15) is 18.3 Å². The van der Waals surface area contributed by atoms with Crippen molar-refractivity contribution in [2.45, 2.75) is 31.1 Å². The molecule has 2 aromatic carbocycles. The van der Waals surface area contributed by atoms with Gasteiger partial charge in [0.15, 0.2) is 6.04 Å². The van der Waals surface area contributed by atoms with Crippen LogP contribution in [0.15, 0.2) is 77.1 Å². The fourth-order valence-corrected chi connectivity index (χ4v) is 4.60. The van der Waals surface area contributed by atoms with E-state index in [4.69, 9.17) is 11.5 Å². The van der Waals surface area contributed by atoms with Crippen molar-refractivity contribution in [3.8, 4) is 0 Å². The summed E-state index contributed by atoms with van der Waals surface area (Å²) in [5.41, 5.74) is 10.8. The first-order chi connectivity index (χ1) is 16.9. The zero-order valence-electron chi connectivity index (χ0n) is 19.1. The molecule has 0 spiro atoms. The lowest BCUT2D eigenvalue weighted by molar-refractivity contribution is -0.138. The number of nitrogens with two attached hydrogens (primary N) is 2. The molecule has 4 rings (SSSR count). The van der Waals surface area contributed by atoms with Crippen molar-refractivity contribution in [3.05, 3.63) is 94.6 Å². The average Bonchev–Trinajstić information content (AvgIpc) is 3.18. The van der Waals surface area contributed by atoms with Gasteiger partial charge in [0.2, 0.25) is 11.8 Å². The summed E-state index contributed by atoms with van der Waals surface area (Å²) < 4.78 is 39.2. The number of benzene rings is 2. The molecule has 2 aromatic rings. The zero-order valence-corrected chi connectivity index (χ0v) is 19.1. The Labute approximate surface area is 204 Å². The normalized spacial score (nSPS) is 23.3. The molecule has 0 bridgehead atoms. The number of aryl methyl sites for hydroxylation is 1. The second-order valence-electron chi connectivity index (χ2n) is 8.63. The monoisotopic (exact) mass is 497 g/mol. The van der Waals surface area contributed by atoms with Crippen LogP contribution in [0.4, 0.5) is 13.2 Å². The van der Waals surface area contributed by atoms with Gasteiger partial charge in [0, 0.05) is 0 Å². The van der Waals surface area contributed by atoms with Gasteiger partial charge in [-0.3, -0.25) is 14.4 Å². The predicted octanol–water partition coefficient (Wildman–Crippen LogP) is 3.42. The number of primary amides is 2. The van der Waals surface area contributed by atoms with Crippen LogP contribution in [0, 0.1) is 12.8 Å². The molecule has 3 atom stereocenters. The van der Waals surface area contributed by atoms with Gasteiger partial charge in [-0.1, -0.05) is 59.9 Å². The second-order valence-corrected chi connectivity index (χ2v) is 8.63. The van der Waals surface area contributed by atoms with Gasteiger partial charge < -0.3 is 11.5 Å². The number of nitrogens with zero attached hydrogens (tertiary/aromatic N) is 3. The number of alkyl halides is 3. The molecule has 1 aliphatic heterocycles. The average molecular weight is 497 g/mol. The quantitative estimate of drug-likeness (QED) is 0.634. The van der Waals surface area contributed by atoms with Crippen LogP contribution in [-0.2, 0) is 32.5 Å². The molecular weight excluding hydrogens is 475 g/mol. The van der Waals surface area contributed by atoms with Crippen molar-refractivity contribution in [2.24, 2.45) is 27.7 Å². The number of halogens is 3. The SMILES string of the molecule is Cc1cc(CN2N=NC(c3cccc(C(F)(F)F)c3)C2=O)ccc1C1(C(N)=O)C=CC=CC1C(N)=O. The zero-order chi connectivity index (χ0) is 26.3. The summed E-state index contributed by atoms with van der Waals surface area (Å²) in [6.45, 7) is 1.73. The summed E-state index contributed by atoms with van der Waals surface area (Å²) in [6, 6.07) is 8.23. The third-order valence-corrected chi connectivity index (χ3v) is 6.34. The molecule has 0 radical (unpaired) electrons. The maximum atomic E-state index is 13.1. The van der Waals surface area contributed by atoms with Gasteiger partial charge in [-0.05, 0) is 41.3 Å². The highest BCUT2D eigenvalue weighted by atomic mass is 19.4. The lowest BCUT2D eigenvalue weighted by atomic mass is 9.66.